The Morgan fingerprint density at radius 3 is 2.35 bits per heavy atom. The number of amidine groups is 1. The number of hydrogen-bond donors (Lipinski definition) is 1. The second-order valence-electron chi connectivity index (χ2n) is 8.03. The molecule has 1 unspecified atom stereocenters. The summed E-state index contributed by atoms with van der Waals surface area (Å²) >= 11 is 7.10. The number of guanidine groups is 1. The number of hydrogen-bond acceptors (Lipinski definition) is 3. The van der Waals surface area contributed by atoms with Crippen LogP contribution in [0, 0.1) is 0 Å². The SMILES string of the molecule is C[Se]/C(N)=N\C(=N\Sc1ccc(C(F)(F)F)cc1)N1CCC(c2ccccc2)C(c2ccc(Cl)cc2)=N1. The van der Waals surface area contributed by atoms with Gasteiger partial charge in [-0.15, -0.1) is 0 Å². The van der Waals surface area contributed by atoms with Crippen LogP contribution in [0.15, 0.2) is 98.2 Å². The first-order valence-corrected chi connectivity index (χ1v) is 14.9. The van der Waals surface area contributed by atoms with Gasteiger partial charge in [0.1, 0.15) is 0 Å². The van der Waals surface area contributed by atoms with Gasteiger partial charge in [-0.25, -0.2) is 0 Å². The van der Waals surface area contributed by atoms with Crippen LogP contribution >= 0.6 is 23.5 Å². The Balaban J connectivity index is 1.70. The van der Waals surface area contributed by atoms with Crippen molar-refractivity contribution in [2.75, 3.05) is 6.54 Å². The maximum absolute atomic E-state index is 12.9. The summed E-state index contributed by atoms with van der Waals surface area (Å²) in [6.45, 7) is 0.538. The molecule has 0 aromatic heterocycles. The van der Waals surface area contributed by atoms with Crippen LogP contribution in [-0.2, 0) is 6.18 Å². The zero-order chi connectivity index (χ0) is 26.4. The first kappa shape index (κ1) is 27.3. The minimum absolute atomic E-state index is 0.0507. The van der Waals surface area contributed by atoms with E-state index in [1.165, 1.54) is 12.1 Å². The Kier molecular flexibility index (Phi) is 8.97. The van der Waals surface area contributed by atoms with E-state index >= 15 is 0 Å². The number of hydrazone groups is 1. The van der Waals surface area contributed by atoms with E-state index in [0.29, 0.717) is 27.2 Å². The second kappa shape index (κ2) is 12.2. The van der Waals surface area contributed by atoms with Crippen LogP contribution in [0.4, 0.5) is 13.2 Å². The molecule has 0 bridgehead atoms. The molecule has 1 aliphatic rings. The molecule has 1 heterocycles. The van der Waals surface area contributed by atoms with Crippen LogP contribution in [0.1, 0.15) is 29.0 Å². The molecule has 192 valence electrons. The van der Waals surface area contributed by atoms with E-state index in [1.54, 1.807) is 5.01 Å². The number of halogens is 4. The Hall–Kier alpha value is -2.78. The number of rotatable bonds is 5. The summed E-state index contributed by atoms with van der Waals surface area (Å²) in [7, 11) is 0. The molecule has 3 aromatic rings. The molecule has 2 N–H and O–H groups in total. The maximum atomic E-state index is 12.9. The van der Waals surface area contributed by atoms with Gasteiger partial charge in [0.15, 0.2) is 0 Å². The molecule has 0 amide bonds. The Morgan fingerprint density at radius 2 is 1.73 bits per heavy atom. The van der Waals surface area contributed by atoms with Crippen molar-refractivity contribution in [3.63, 3.8) is 0 Å². The van der Waals surface area contributed by atoms with Crippen LogP contribution in [0.3, 0.4) is 0 Å². The minimum atomic E-state index is -4.39. The van der Waals surface area contributed by atoms with E-state index in [-0.39, 0.29) is 20.9 Å². The number of nitrogens with zero attached hydrogens (tertiary/aromatic N) is 4. The van der Waals surface area contributed by atoms with E-state index in [4.69, 9.17) is 22.4 Å². The topological polar surface area (TPSA) is 66.3 Å². The number of benzene rings is 3. The molecule has 5 nitrogen and oxygen atoms in total. The molecule has 1 aliphatic heterocycles. The zero-order valence-corrected chi connectivity index (χ0v) is 23.0. The first-order chi connectivity index (χ1) is 17.7. The van der Waals surface area contributed by atoms with Crippen molar-refractivity contribution in [2.24, 2.45) is 20.2 Å². The fourth-order valence-electron chi connectivity index (χ4n) is 3.74. The molecule has 37 heavy (non-hydrogen) atoms. The molecule has 4 rings (SSSR count). The molecule has 0 spiro atoms. The molecular weight excluding hydrogens is 586 g/mol. The standard InChI is InChI=1S/C26H23ClF3N5SSe/c1-37-24(31)32-25(34-36-21-13-9-19(10-14-21)26(28,29)30)35-16-15-22(17-5-3-2-4-6-17)23(33-35)18-7-11-20(27)12-8-18/h2-14,22H,15-16H2,1H3,(H2,31,32,34). The van der Waals surface area contributed by atoms with Crippen molar-refractivity contribution < 1.29 is 13.2 Å². The average molecular weight is 609 g/mol. The van der Waals surface area contributed by atoms with Crippen molar-refractivity contribution in [3.8, 4) is 0 Å². The summed E-state index contributed by atoms with van der Waals surface area (Å²) in [5, 5.41) is 7.28. The van der Waals surface area contributed by atoms with Crippen molar-refractivity contribution in [2.45, 2.75) is 29.2 Å². The summed E-state index contributed by atoms with van der Waals surface area (Å²) in [5.74, 6) is 2.29. The van der Waals surface area contributed by atoms with Crippen molar-refractivity contribution in [1.82, 2.24) is 5.01 Å². The van der Waals surface area contributed by atoms with Gasteiger partial charge in [0.2, 0.25) is 0 Å². The molecule has 1 atom stereocenters. The molecule has 11 heteroatoms. The Labute approximate surface area is 229 Å². The van der Waals surface area contributed by atoms with Gasteiger partial charge < -0.3 is 0 Å². The van der Waals surface area contributed by atoms with Gasteiger partial charge in [-0.3, -0.25) is 0 Å². The number of aliphatic imine (C=N–C) groups is 1. The Bertz CT molecular complexity index is 1300. The molecular formula is C26H23ClF3N5SSe. The van der Waals surface area contributed by atoms with Gasteiger partial charge in [-0.05, 0) is 0 Å². The molecule has 0 saturated heterocycles. The third-order valence-corrected chi connectivity index (χ3v) is 7.65. The monoisotopic (exact) mass is 609 g/mol. The van der Waals surface area contributed by atoms with Crippen LogP contribution in [0.25, 0.3) is 0 Å². The third-order valence-electron chi connectivity index (χ3n) is 5.59. The van der Waals surface area contributed by atoms with E-state index in [9.17, 15) is 13.2 Å². The van der Waals surface area contributed by atoms with E-state index in [0.717, 1.165) is 47.3 Å². The van der Waals surface area contributed by atoms with Crippen molar-refractivity contribution in [3.05, 3.63) is 101 Å². The van der Waals surface area contributed by atoms with E-state index < -0.39 is 11.7 Å². The predicted octanol–water partition coefficient (Wildman–Crippen LogP) is 6.68. The van der Waals surface area contributed by atoms with Gasteiger partial charge in [0.05, 0.1) is 0 Å². The van der Waals surface area contributed by atoms with E-state index in [1.807, 2.05) is 48.3 Å². The zero-order valence-electron chi connectivity index (χ0n) is 19.7. The van der Waals surface area contributed by atoms with Gasteiger partial charge >= 0.3 is 230 Å². The normalized spacial score (nSPS) is 17.1. The molecule has 3 aromatic carbocycles. The fourth-order valence-corrected chi connectivity index (χ4v) is 4.81. The molecule has 0 fully saturated rings. The van der Waals surface area contributed by atoms with Gasteiger partial charge in [0.25, 0.3) is 0 Å². The third kappa shape index (κ3) is 7.17. The van der Waals surface area contributed by atoms with Crippen molar-refractivity contribution in [1.29, 1.82) is 0 Å². The number of nitrogens with two attached hydrogens (primary N) is 1. The predicted molar refractivity (Wildman–Crippen MR) is 146 cm³/mol. The quantitative estimate of drug-likeness (QED) is 0.152. The van der Waals surface area contributed by atoms with Gasteiger partial charge in [-0.1, -0.05) is 0 Å². The molecule has 0 radical (unpaired) electrons. The van der Waals surface area contributed by atoms with Crippen LogP contribution in [0.2, 0.25) is 10.8 Å². The molecule has 0 saturated carbocycles. The average Bonchev–Trinajstić information content (AvgIpc) is 2.91. The molecule has 0 aliphatic carbocycles. The summed E-state index contributed by atoms with van der Waals surface area (Å²) in [5.41, 5.74) is 8.28. The fraction of sp³-hybridized carbons (Fsp3) is 0.192. The van der Waals surface area contributed by atoms with Crippen LogP contribution in [-0.4, -0.2) is 42.9 Å². The number of alkyl halides is 3. The Morgan fingerprint density at radius 1 is 1.05 bits per heavy atom. The van der Waals surface area contributed by atoms with E-state index in [2.05, 4.69) is 21.5 Å². The van der Waals surface area contributed by atoms with Crippen molar-refractivity contribution >= 4 is 54.9 Å². The summed E-state index contributed by atoms with van der Waals surface area (Å²) < 4.78 is 43.7. The summed E-state index contributed by atoms with van der Waals surface area (Å²) in [6, 6.07) is 22.5. The van der Waals surface area contributed by atoms with Crippen LogP contribution in [0.5, 0.6) is 0 Å². The van der Waals surface area contributed by atoms with Gasteiger partial charge in [0, 0.05) is 0 Å². The summed E-state index contributed by atoms with van der Waals surface area (Å²) in [4.78, 5) is 5.04. The second-order valence-corrected chi connectivity index (χ2v) is 11.0. The summed E-state index contributed by atoms with van der Waals surface area (Å²) in [6.07, 6.45) is -3.64. The van der Waals surface area contributed by atoms with Crippen LogP contribution < -0.4 is 5.73 Å². The first-order valence-electron chi connectivity index (χ1n) is 11.2. The van der Waals surface area contributed by atoms with Gasteiger partial charge in [-0.2, -0.15) is 0 Å².